The Morgan fingerprint density at radius 2 is 2.00 bits per heavy atom. The Kier molecular flexibility index (Phi) is 3.47. The monoisotopic (exact) mass is 221 g/mol. The number of hydrogen-bond acceptors (Lipinski definition) is 1. The molecule has 1 heterocycles. The summed E-state index contributed by atoms with van der Waals surface area (Å²) in [5.41, 5.74) is 1.87. The van der Waals surface area contributed by atoms with Gasteiger partial charge in [0, 0.05) is 13.1 Å². The molecule has 2 heteroatoms. The standard InChI is InChI=1S/C14H20FN/c1-3-12-7-9-16(10-8-12)14-11(2)5-4-6-13(14)15/h4-6,12H,3,7-10H2,1-2H3. The summed E-state index contributed by atoms with van der Waals surface area (Å²) in [7, 11) is 0. The van der Waals surface area contributed by atoms with Gasteiger partial charge in [0.05, 0.1) is 5.69 Å². The fourth-order valence-corrected chi connectivity index (χ4v) is 2.59. The predicted molar refractivity (Wildman–Crippen MR) is 66.4 cm³/mol. The van der Waals surface area contributed by atoms with E-state index in [4.69, 9.17) is 0 Å². The van der Waals surface area contributed by atoms with Gasteiger partial charge in [-0.25, -0.2) is 4.39 Å². The third kappa shape index (κ3) is 2.21. The molecule has 0 aromatic heterocycles. The van der Waals surface area contributed by atoms with Gasteiger partial charge in [0.1, 0.15) is 5.82 Å². The molecule has 1 aromatic rings. The van der Waals surface area contributed by atoms with Gasteiger partial charge in [-0.3, -0.25) is 0 Å². The number of nitrogens with zero attached hydrogens (tertiary/aromatic N) is 1. The summed E-state index contributed by atoms with van der Waals surface area (Å²) in [6, 6.07) is 5.34. The van der Waals surface area contributed by atoms with Crippen molar-refractivity contribution in [1.82, 2.24) is 0 Å². The largest absolute Gasteiger partial charge is 0.369 e. The molecule has 0 aliphatic carbocycles. The first-order chi connectivity index (χ1) is 7.72. The summed E-state index contributed by atoms with van der Waals surface area (Å²) in [4.78, 5) is 2.21. The van der Waals surface area contributed by atoms with Crippen LogP contribution in [0.25, 0.3) is 0 Å². The Morgan fingerprint density at radius 1 is 1.31 bits per heavy atom. The van der Waals surface area contributed by atoms with Crippen LogP contribution in [0.1, 0.15) is 31.7 Å². The third-order valence-corrected chi connectivity index (χ3v) is 3.70. The molecule has 0 amide bonds. The first-order valence-corrected chi connectivity index (χ1v) is 6.22. The van der Waals surface area contributed by atoms with Crippen molar-refractivity contribution in [2.24, 2.45) is 5.92 Å². The number of piperidine rings is 1. The lowest BCUT2D eigenvalue weighted by atomic mass is 9.94. The molecule has 16 heavy (non-hydrogen) atoms. The molecule has 0 saturated carbocycles. The second-order valence-corrected chi connectivity index (χ2v) is 4.74. The Labute approximate surface area is 97.3 Å². The zero-order valence-corrected chi connectivity index (χ0v) is 10.2. The van der Waals surface area contributed by atoms with E-state index in [1.807, 2.05) is 13.0 Å². The molecule has 0 radical (unpaired) electrons. The number of hydrogen-bond donors (Lipinski definition) is 0. The number of para-hydroxylation sites is 1. The van der Waals surface area contributed by atoms with Gasteiger partial charge in [0.2, 0.25) is 0 Å². The van der Waals surface area contributed by atoms with Gasteiger partial charge in [0.25, 0.3) is 0 Å². The molecule has 0 atom stereocenters. The number of halogens is 1. The molecule has 1 aromatic carbocycles. The van der Waals surface area contributed by atoms with Crippen LogP contribution in [0, 0.1) is 18.7 Å². The zero-order valence-electron chi connectivity index (χ0n) is 10.2. The van der Waals surface area contributed by atoms with Crippen molar-refractivity contribution in [2.45, 2.75) is 33.1 Å². The van der Waals surface area contributed by atoms with E-state index in [9.17, 15) is 4.39 Å². The van der Waals surface area contributed by atoms with E-state index >= 15 is 0 Å². The highest BCUT2D eigenvalue weighted by Crippen LogP contribution is 2.29. The smallest absolute Gasteiger partial charge is 0.146 e. The summed E-state index contributed by atoms with van der Waals surface area (Å²) in [5, 5.41) is 0. The lowest BCUT2D eigenvalue weighted by Crippen LogP contribution is -2.34. The van der Waals surface area contributed by atoms with Gasteiger partial charge in [-0.2, -0.15) is 0 Å². The van der Waals surface area contributed by atoms with Crippen molar-refractivity contribution in [3.8, 4) is 0 Å². The molecule has 2 rings (SSSR count). The van der Waals surface area contributed by atoms with Crippen LogP contribution in [-0.2, 0) is 0 Å². The highest BCUT2D eigenvalue weighted by molar-refractivity contribution is 5.54. The van der Waals surface area contributed by atoms with E-state index in [2.05, 4.69) is 11.8 Å². The molecule has 1 saturated heterocycles. The van der Waals surface area contributed by atoms with Crippen LogP contribution in [0.4, 0.5) is 10.1 Å². The van der Waals surface area contributed by atoms with Crippen molar-refractivity contribution in [2.75, 3.05) is 18.0 Å². The van der Waals surface area contributed by atoms with Crippen molar-refractivity contribution >= 4 is 5.69 Å². The van der Waals surface area contributed by atoms with Crippen LogP contribution in [0.15, 0.2) is 18.2 Å². The molecule has 0 spiro atoms. The van der Waals surface area contributed by atoms with Gasteiger partial charge in [-0.1, -0.05) is 25.5 Å². The molecule has 0 N–H and O–H groups in total. The van der Waals surface area contributed by atoms with Crippen LogP contribution in [0.2, 0.25) is 0 Å². The van der Waals surface area contributed by atoms with E-state index in [1.54, 1.807) is 12.1 Å². The summed E-state index contributed by atoms with van der Waals surface area (Å²) < 4.78 is 13.8. The van der Waals surface area contributed by atoms with Crippen molar-refractivity contribution in [3.05, 3.63) is 29.6 Å². The minimum Gasteiger partial charge on any atom is -0.369 e. The number of benzene rings is 1. The van der Waals surface area contributed by atoms with E-state index in [0.29, 0.717) is 0 Å². The predicted octanol–water partition coefficient (Wildman–Crippen LogP) is 3.76. The quantitative estimate of drug-likeness (QED) is 0.735. The maximum atomic E-state index is 13.8. The zero-order chi connectivity index (χ0) is 11.5. The topological polar surface area (TPSA) is 3.24 Å². The van der Waals surface area contributed by atoms with Crippen molar-refractivity contribution in [1.29, 1.82) is 0 Å². The average Bonchev–Trinajstić information content (AvgIpc) is 2.30. The minimum absolute atomic E-state index is 0.0741. The Bertz CT molecular complexity index is 334. The minimum atomic E-state index is -0.0741. The van der Waals surface area contributed by atoms with Crippen molar-refractivity contribution in [3.63, 3.8) is 0 Å². The molecular weight excluding hydrogens is 201 g/mol. The molecule has 0 bridgehead atoms. The van der Waals surface area contributed by atoms with Crippen LogP contribution in [0.5, 0.6) is 0 Å². The third-order valence-electron chi connectivity index (χ3n) is 3.70. The fraction of sp³-hybridized carbons (Fsp3) is 0.571. The summed E-state index contributed by atoms with van der Waals surface area (Å²) in [6.07, 6.45) is 3.65. The molecule has 88 valence electrons. The maximum Gasteiger partial charge on any atom is 0.146 e. The Morgan fingerprint density at radius 3 is 2.56 bits per heavy atom. The van der Waals surface area contributed by atoms with Crippen LogP contribution >= 0.6 is 0 Å². The normalized spacial score (nSPS) is 17.8. The first-order valence-electron chi connectivity index (χ1n) is 6.22. The highest BCUT2D eigenvalue weighted by atomic mass is 19.1. The Balaban J connectivity index is 2.14. The van der Waals surface area contributed by atoms with E-state index < -0.39 is 0 Å². The number of aryl methyl sites for hydroxylation is 1. The summed E-state index contributed by atoms with van der Waals surface area (Å²) in [6.45, 7) is 6.24. The molecular formula is C14H20FN. The second kappa shape index (κ2) is 4.86. The molecule has 0 unspecified atom stereocenters. The van der Waals surface area contributed by atoms with Gasteiger partial charge in [-0.05, 0) is 37.3 Å². The van der Waals surface area contributed by atoms with Crippen molar-refractivity contribution < 1.29 is 4.39 Å². The number of rotatable bonds is 2. The second-order valence-electron chi connectivity index (χ2n) is 4.74. The van der Waals surface area contributed by atoms with Crippen LogP contribution in [-0.4, -0.2) is 13.1 Å². The van der Waals surface area contributed by atoms with E-state index in [0.717, 1.165) is 30.3 Å². The lowest BCUT2D eigenvalue weighted by Gasteiger charge is -2.34. The van der Waals surface area contributed by atoms with Gasteiger partial charge in [0.15, 0.2) is 0 Å². The van der Waals surface area contributed by atoms with E-state index in [1.165, 1.54) is 19.3 Å². The van der Waals surface area contributed by atoms with Gasteiger partial charge < -0.3 is 4.90 Å². The maximum absolute atomic E-state index is 13.8. The fourth-order valence-electron chi connectivity index (χ4n) is 2.59. The van der Waals surface area contributed by atoms with Crippen LogP contribution < -0.4 is 4.90 Å². The SMILES string of the molecule is CCC1CCN(c2c(C)cccc2F)CC1. The molecule has 1 aliphatic rings. The van der Waals surface area contributed by atoms with Gasteiger partial charge >= 0.3 is 0 Å². The van der Waals surface area contributed by atoms with E-state index in [-0.39, 0.29) is 5.82 Å². The first kappa shape index (κ1) is 11.4. The van der Waals surface area contributed by atoms with Crippen LogP contribution in [0.3, 0.4) is 0 Å². The number of anilines is 1. The molecule has 1 nitrogen and oxygen atoms in total. The average molecular weight is 221 g/mol. The highest BCUT2D eigenvalue weighted by Gasteiger charge is 2.21. The van der Waals surface area contributed by atoms with Gasteiger partial charge in [-0.15, -0.1) is 0 Å². The lowest BCUT2D eigenvalue weighted by molar-refractivity contribution is 0.392. The summed E-state index contributed by atoms with van der Waals surface area (Å²) in [5.74, 6) is 0.762. The molecule has 1 fully saturated rings. The Hall–Kier alpha value is -1.05. The summed E-state index contributed by atoms with van der Waals surface area (Å²) >= 11 is 0. The molecule has 1 aliphatic heterocycles.